The van der Waals surface area contributed by atoms with Crippen molar-refractivity contribution in [1.29, 1.82) is 0 Å². The third-order valence-corrected chi connectivity index (χ3v) is 3.58. The highest BCUT2D eigenvalue weighted by Gasteiger charge is 2.13. The average molecular weight is 270 g/mol. The van der Waals surface area contributed by atoms with Gasteiger partial charge in [-0.1, -0.05) is 29.8 Å². The van der Waals surface area contributed by atoms with Crippen molar-refractivity contribution in [2.24, 2.45) is 0 Å². The van der Waals surface area contributed by atoms with E-state index in [1.165, 1.54) is 5.57 Å². The number of carbonyl (C=O) groups excluding carboxylic acids is 1. The lowest BCUT2D eigenvalue weighted by molar-refractivity contribution is 0.0950. The molecular formula is C15H18N4O. The normalized spacial score (nSPS) is 15.1. The maximum Gasteiger partial charge on any atom is 0.272 e. The Morgan fingerprint density at radius 2 is 2.25 bits per heavy atom. The highest BCUT2D eigenvalue weighted by molar-refractivity contribution is 6.04. The second-order valence-electron chi connectivity index (χ2n) is 4.94. The third-order valence-electron chi connectivity index (χ3n) is 3.58. The fourth-order valence-corrected chi connectivity index (χ4v) is 2.45. The Morgan fingerprint density at radius 3 is 3.10 bits per heavy atom. The van der Waals surface area contributed by atoms with Crippen LogP contribution in [-0.2, 0) is 0 Å². The van der Waals surface area contributed by atoms with Gasteiger partial charge in [-0.3, -0.25) is 9.89 Å². The Hall–Kier alpha value is -2.14. The number of rotatable bonds is 4. The van der Waals surface area contributed by atoms with Crippen LogP contribution in [0.4, 0.5) is 0 Å². The predicted molar refractivity (Wildman–Crippen MR) is 78.6 cm³/mol. The quantitative estimate of drug-likeness (QED) is 0.739. The van der Waals surface area contributed by atoms with Crippen LogP contribution in [0.5, 0.6) is 0 Å². The summed E-state index contributed by atoms with van der Waals surface area (Å²) in [4.78, 5) is 12.1. The number of H-pyrrole nitrogens is 1. The smallest absolute Gasteiger partial charge is 0.272 e. The molecule has 20 heavy (non-hydrogen) atoms. The molecule has 5 nitrogen and oxygen atoms in total. The van der Waals surface area contributed by atoms with Gasteiger partial charge in [0, 0.05) is 18.5 Å². The molecule has 2 heterocycles. The number of nitrogens with one attached hydrogen (secondary N) is 3. The number of carbonyl (C=O) groups is 1. The number of hydrogen-bond acceptors (Lipinski definition) is 3. The summed E-state index contributed by atoms with van der Waals surface area (Å²) >= 11 is 0. The van der Waals surface area contributed by atoms with Gasteiger partial charge in [0.25, 0.3) is 5.91 Å². The van der Waals surface area contributed by atoms with Crippen molar-refractivity contribution in [3.8, 4) is 0 Å². The first kappa shape index (κ1) is 12.9. The summed E-state index contributed by atoms with van der Waals surface area (Å²) in [5.41, 5.74) is 2.77. The van der Waals surface area contributed by atoms with Crippen LogP contribution in [0.15, 0.2) is 35.9 Å². The highest BCUT2D eigenvalue weighted by Crippen LogP contribution is 2.15. The summed E-state index contributed by atoms with van der Waals surface area (Å²) in [5, 5.41) is 14.1. The van der Waals surface area contributed by atoms with Crippen LogP contribution >= 0.6 is 0 Å². The number of aromatic nitrogens is 2. The monoisotopic (exact) mass is 270 g/mol. The number of fused-ring (bicyclic) bond motifs is 1. The maximum atomic E-state index is 12.1. The number of para-hydroxylation sites is 1. The molecule has 0 aliphatic carbocycles. The predicted octanol–water partition coefficient (Wildman–Crippen LogP) is 1.60. The van der Waals surface area contributed by atoms with Crippen molar-refractivity contribution in [3.63, 3.8) is 0 Å². The lowest BCUT2D eigenvalue weighted by Gasteiger charge is -2.13. The number of hydrogen-bond donors (Lipinski definition) is 3. The van der Waals surface area contributed by atoms with Crippen LogP contribution in [0.3, 0.4) is 0 Å². The van der Waals surface area contributed by atoms with E-state index < -0.39 is 0 Å². The summed E-state index contributed by atoms with van der Waals surface area (Å²) in [5.74, 6) is -0.114. The molecule has 2 aromatic rings. The van der Waals surface area contributed by atoms with Gasteiger partial charge in [0.05, 0.1) is 5.52 Å². The van der Waals surface area contributed by atoms with E-state index >= 15 is 0 Å². The first-order valence-electron chi connectivity index (χ1n) is 6.94. The topological polar surface area (TPSA) is 69.8 Å². The van der Waals surface area contributed by atoms with E-state index in [4.69, 9.17) is 0 Å². The number of benzene rings is 1. The van der Waals surface area contributed by atoms with E-state index in [1.807, 2.05) is 24.3 Å². The summed E-state index contributed by atoms with van der Waals surface area (Å²) in [6.45, 7) is 2.63. The fraction of sp³-hybridized carbons (Fsp3) is 0.333. The minimum atomic E-state index is -0.114. The zero-order chi connectivity index (χ0) is 13.8. The first-order valence-corrected chi connectivity index (χ1v) is 6.94. The Kier molecular flexibility index (Phi) is 3.78. The number of nitrogens with zero attached hydrogens (tertiary/aromatic N) is 1. The molecule has 1 aromatic heterocycles. The average Bonchev–Trinajstić information content (AvgIpc) is 2.92. The van der Waals surface area contributed by atoms with Crippen LogP contribution < -0.4 is 10.6 Å². The number of aromatic amines is 1. The maximum absolute atomic E-state index is 12.1. The van der Waals surface area contributed by atoms with E-state index in [2.05, 4.69) is 26.9 Å². The zero-order valence-electron chi connectivity index (χ0n) is 11.3. The van der Waals surface area contributed by atoms with Crippen LogP contribution in [0.2, 0.25) is 0 Å². The summed E-state index contributed by atoms with van der Waals surface area (Å²) in [7, 11) is 0. The molecule has 5 heteroatoms. The molecule has 3 N–H and O–H groups in total. The second kappa shape index (κ2) is 5.88. The van der Waals surface area contributed by atoms with Crippen LogP contribution in [0.1, 0.15) is 23.3 Å². The first-order chi connectivity index (χ1) is 9.84. The molecule has 0 bridgehead atoms. The van der Waals surface area contributed by atoms with Crippen molar-refractivity contribution in [2.75, 3.05) is 19.6 Å². The molecule has 0 fully saturated rings. The molecule has 0 atom stereocenters. The molecule has 0 saturated heterocycles. The lowest BCUT2D eigenvalue weighted by Crippen LogP contribution is -2.27. The van der Waals surface area contributed by atoms with Gasteiger partial charge in [0.1, 0.15) is 0 Å². The van der Waals surface area contributed by atoms with E-state index in [9.17, 15) is 4.79 Å². The van der Waals surface area contributed by atoms with Gasteiger partial charge < -0.3 is 10.6 Å². The van der Waals surface area contributed by atoms with E-state index in [0.717, 1.165) is 36.8 Å². The second-order valence-corrected chi connectivity index (χ2v) is 4.94. The standard InChI is InChI=1S/C15H18N4O/c20-15(17-10-7-11-5-8-16-9-6-11)14-12-3-1-2-4-13(12)18-19-14/h1-5,16H,6-10H2,(H,17,20)(H,18,19). The van der Waals surface area contributed by atoms with Crippen molar-refractivity contribution in [3.05, 3.63) is 41.6 Å². The zero-order valence-corrected chi connectivity index (χ0v) is 11.3. The molecule has 1 aromatic carbocycles. The molecule has 1 amide bonds. The summed E-state index contributed by atoms with van der Waals surface area (Å²) in [6, 6.07) is 7.66. The minimum absolute atomic E-state index is 0.114. The van der Waals surface area contributed by atoms with E-state index in [0.29, 0.717) is 12.2 Å². The van der Waals surface area contributed by atoms with Crippen molar-refractivity contribution >= 4 is 16.8 Å². The minimum Gasteiger partial charge on any atom is -0.350 e. The molecule has 104 valence electrons. The fourth-order valence-electron chi connectivity index (χ4n) is 2.45. The Balaban J connectivity index is 1.60. The van der Waals surface area contributed by atoms with Crippen LogP contribution in [0.25, 0.3) is 10.9 Å². The van der Waals surface area contributed by atoms with Gasteiger partial charge in [0.15, 0.2) is 5.69 Å². The van der Waals surface area contributed by atoms with Crippen LogP contribution in [0, 0.1) is 0 Å². The Morgan fingerprint density at radius 1 is 1.35 bits per heavy atom. The lowest BCUT2D eigenvalue weighted by atomic mass is 10.1. The van der Waals surface area contributed by atoms with Gasteiger partial charge >= 0.3 is 0 Å². The summed E-state index contributed by atoms with van der Waals surface area (Å²) < 4.78 is 0. The van der Waals surface area contributed by atoms with Crippen molar-refractivity contribution in [1.82, 2.24) is 20.8 Å². The SMILES string of the molecule is O=C(NCCC1=CCNCC1)c1n[nH]c2ccccc12. The molecule has 3 rings (SSSR count). The molecule has 0 spiro atoms. The highest BCUT2D eigenvalue weighted by atomic mass is 16.1. The molecule has 0 saturated carbocycles. The Bertz CT molecular complexity index is 644. The van der Waals surface area contributed by atoms with Crippen molar-refractivity contribution < 1.29 is 4.79 Å². The summed E-state index contributed by atoms with van der Waals surface area (Å²) in [6.07, 6.45) is 4.19. The van der Waals surface area contributed by atoms with Crippen LogP contribution in [-0.4, -0.2) is 35.7 Å². The third kappa shape index (κ3) is 2.72. The molecule has 0 unspecified atom stereocenters. The van der Waals surface area contributed by atoms with E-state index in [-0.39, 0.29) is 5.91 Å². The van der Waals surface area contributed by atoms with Crippen molar-refractivity contribution in [2.45, 2.75) is 12.8 Å². The molecule has 1 aliphatic rings. The molecule has 0 radical (unpaired) electrons. The van der Waals surface area contributed by atoms with Gasteiger partial charge in [-0.2, -0.15) is 5.10 Å². The van der Waals surface area contributed by atoms with Gasteiger partial charge in [0.2, 0.25) is 0 Å². The molecule has 1 aliphatic heterocycles. The largest absolute Gasteiger partial charge is 0.350 e. The van der Waals surface area contributed by atoms with E-state index in [1.54, 1.807) is 0 Å². The van der Waals surface area contributed by atoms with Gasteiger partial charge in [-0.25, -0.2) is 0 Å². The number of amides is 1. The van der Waals surface area contributed by atoms with Gasteiger partial charge in [-0.05, 0) is 25.5 Å². The molecular weight excluding hydrogens is 252 g/mol. The van der Waals surface area contributed by atoms with Gasteiger partial charge in [-0.15, -0.1) is 0 Å². The Labute approximate surface area is 117 Å².